The minimum absolute atomic E-state index is 0.127. The van der Waals surface area contributed by atoms with Crippen molar-refractivity contribution in [2.75, 3.05) is 0 Å². The minimum Gasteiger partial charge on any atom is -0.276 e. The number of benzene rings is 2. The molecule has 1 heterocycles. The molecule has 2 aromatic carbocycles. The SMILES string of the molecule is Cc1ccc(-n2cnnc2SCc2ccccc2[N+](=O)[O-])c(C)c1. The lowest BCUT2D eigenvalue weighted by molar-refractivity contribution is -0.385. The number of nitrogens with zero attached hydrogens (tertiary/aromatic N) is 4. The first-order valence-electron chi connectivity index (χ1n) is 7.39. The molecule has 0 atom stereocenters. The van der Waals surface area contributed by atoms with E-state index in [0.717, 1.165) is 11.3 Å². The number of aryl methyl sites for hydroxylation is 2. The molecule has 0 N–H and O–H groups in total. The zero-order chi connectivity index (χ0) is 17.1. The first kappa shape index (κ1) is 16.2. The van der Waals surface area contributed by atoms with Crippen LogP contribution in [0.15, 0.2) is 53.9 Å². The summed E-state index contributed by atoms with van der Waals surface area (Å²) in [5, 5.41) is 20.0. The molecule has 7 heteroatoms. The third kappa shape index (κ3) is 3.30. The van der Waals surface area contributed by atoms with E-state index in [1.807, 2.05) is 30.5 Å². The summed E-state index contributed by atoms with van der Waals surface area (Å²) in [5.41, 5.74) is 4.13. The van der Waals surface area contributed by atoms with Gasteiger partial charge in [0.1, 0.15) is 6.33 Å². The van der Waals surface area contributed by atoms with Gasteiger partial charge in [-0.3, -0.25) is 14.7 Å². The van der Waals surface area contributed by atoms with E-state index in [0.29, 0.717) is 16.5 Å². The molecule has 0 unspecified atom stereocenters. The van der Waals surface area contributed by atoms with Gasteiger partial charge in [0.15, 0.2) is 5.16 Å². The van der Waals surface area contributed by atoms with Crippen molar-refractivity contribution in [1.29, 1.82) is 0 Å². The van der Waals surface area contributed by atoms with Gasteiger partial charge in [-0.05, 0) is 25.5 Å². The van der Waals surface area contributed by atoms with Gasteiger partial charge in [0, 0.05) is 17.4 Å². The van der Waals surface area contributed by atoms with Crippen molar-refractivity contribution in [3.8, 4) is 5.69 Å². The molecule has 0 fully saturated rings. The van der Waals surface area contributed by atoms with Crippen molar-refractivity contribution < 1.29 is 4.92 Å². The fraction of sp³-hybridized carbons (Fsp3) is 0.176. The van der Waals surface area contributed by atoms with Crippen molar-refractivity contribution in [2.45, 2.75) is 24.8 Å². The number of aromatic nitrogens is 3. The smallest absolute Gasteiger partial charge is 0.273 e. The van der Waals surface area contributed by atoms with Gasteiger partial charge in [-0.1, -0.05) is 47.7 Å². The van der Waals surface area contributed by atoms with Crippen LogP contribution < -0.4 is 0 Å². The molecular formula is C17H16N4O2S. The second-order valence-corrected chi connectivity index (χ2v) is 6.39. The predicted molar refractivity (Wildman–Crippen MR) is 93.5 cm³/mol. The Kier molecular flexibility index (Phi) is 4.61. The van der Waals surface area contributed by atoms with E-state index in [9.17, 15) is 10.1 Å². The number of hydrogen-bond acceptors (Lipinski definition) is 5. The van der Waals surface area contributed by atoms with Crippen LogP contribution in [-0.4, -0.2) is 19.7 Å². The topological polar surface area (TPSA) is 73.8 Å². The average molecular weight is 340 g/mol. The number of rotatable bonds is 5. The molecule has 122 valence electrons. The van der Waals surface area contributed by atoms with Gasteiger partial charge in [-0.15, -0.1) is 10.2 Å². The first-order chi connectivity index (χ1) is 11.6. The molecule has 0 bridgehead atoms. The van der Waals surface area contributed by atoms with Crippen molar-refractivity contribution in [3.05, 3.63) is 75.6 Å². The quantitative estimate of drug-likeness (QED) is 0.397. The standard InChI is InChI=1S/C17H16N4O2S/c1-12-7-8-15(13(2)9-12)20-11-18-19-17(20)24-10-14-5-3-4-6-16(14)21(22)23/h3-9,11H,10H2,1-2H3. The predicted octanol–water partition coefficient (Wildman–Crippen LogP) is 4.08. The fourth-order valence-electron chi connectivity index (χ4n) is 2.52. The van der Waals surface area contributed by atoms with Crippen LogP contribution in [-0.2, 0) is 5.75 Å². The van der Waals surface area contributed by atoms with Crippen LogP contribution in [0.1, 0.15) is 16.7 Å². The lowest BCUT2D eigenvalue weighted by atomic mass is 10.1. The fourth-order valence-corrected chi connectivity index (χ4v) is 3.44. The molecule has 24 heavy (non-hydrogen) atoms. The minimum atomic E-state index is -0.356. The third-order valence-electron chi connectivity index (χ3n) is 3.67. The van der Waals surface area contributed by atoms with Crippen molar-refractivity contribution in [2.24, 2.45) is 0 Å². The highest BCUT2D eigenvalue weighted by Crippen LogP contribution is 2.28. The van der Waals surface area contributed by atoms with Crippen LogP contribution in [0.2, 0.25) is 0 Å². The maximum Gasteiger partial charge on any atom is 0.273 e. The summed E-state index contributed by atoms with van der Waals surface area (Å²) in [6.45, 7) is 4.09. The van der Waals surface area contributed by atoms with Crippen molar-refractivity contribution in [3.63, 3.8) is 0 Å². The number of hydrogen-bond donors (Lipinski definition) is 0. The first-order valence-corrected chi connectivity index (χ1v) is 8.37. The summed E-state index contributed by atoms with van der Waals surface area (Å²) in [4.78, 5) is 10.8. The number of thioether (sulfide) groups is 1. The lowest BCUT2D eigenvalue weighted by Gasteiger charge is -2.10. The molecule has 0 saturated heterocycles. The van der Waals surface area contributed by atoms with Gasteiger partial charge in [-0.25, -0.2) is 0 Å². The van der Waals surface area contributed by atoms with Crippen LogP contribution >= 0.6 is 11.8 Å². The maximum absolute atomic E-state index is 11.1. The molecule has 0 saturated carbocycles. The molecule has 0 spiro atoms. The highest BCUT2D eigenvalue weighted by Gasteiger charge is 2.15. The Hall–Kier alpha value is -2.67. The number of nitro benzene ring substituents is 1. The average Bonchev–Trinajstić information content (AvgIpc) is 3.01. The highest BCUT2D eigenvalue weighted by atomic mass is 32.2. The Bertz CT molecular complexity index is 892. The van der Waals surface area contributed by atoms with E-state index in [4.69, 9.17) is 0 Å². The molecule has 0 aliphatic carbocycles. The van der Waals surface area contributed by atoms with E-state index in [1.165, 1.54) is 23.4 Å². The van der Waals surface area contributed by atoms with E-state index in [2.05, 4.69) is 16.3 Å². The second-order valence-electron chi connectivity index (χ2n) is 5.45. The number of para-hydroxylation sites is 1. The van der Waals surface area contributed by atoms with Gasteiger partial charge in [0.25, 0.3) is 5.69 Å². The Balaban J connectivity index is 1.86. The van der Waals surface area contributed by atoms with Crippen LogP contribution in [0.25, 0.3) is 5.69 Å². The van der Waals surface area contributed by atoms with Crippen molar-refractivity contribution >= 4 is 17.4 Å². The molecule has 0 radical (unpaired) electrons. The van der Waals surface area contributed by atoms with Gasteiger partial charge in [0.05, 0.1) is 10.6 Å². The summed E-state index contributed by atoms with van der Waals surface area (Å²) in [6.07, 6.45) is 1.67. The molecule has 0 aliphatic heterocycles. The Morgan fingerprint density at radius 1 is 1.21 bits per heavy atom. The largest absolute Gasteiger partial charge is 0.276 e. The summed E-state index contributed by atoms with van der Waals surface area (Å²) in [5.74, 6) is 0.459. The van der Waals surface area contributed by atoms with E-state index in [1.54, 1.807) is 24.5 Å². The van der Waals surface area contributed by atoms with Crippen molar-refractivity contribution in [1.82, 2.24) is 14.8 Å². The van der Waals surface area contributed by atoms with Crippen LogP contribution in [0.3, 0.4) is 0 Å². The van der Waals surface area contributed by atoms with E-state index in [-0.39, 0.29) is 10.6 Å². The van der Waals surface area contributed by atoms with Crippen LogP contribution in [0.5, 0.6) is 0 Å². The Morgan fingerprint density at radius 2 is 2.00 bits per heavy atom. The highest BCUT2D eigenvalue weighted by molar-refractivity contribution is 7.98. The normalized spacial score (nSPS) is 10.8. The van der Waals surface area contributed by atoms with E-state index < -0.39 is 0 Å². The summed E-state index contributed by atoms with van der Waals surface area (Å²) < 4.78 is 1.91. The maximum atomic E-state index is 11.1. The monoisotopic (exact) mass is 340 g/mol. The summed E-state index contributed by atoms with van der Waals surface area (Å²) in [7, 11) is 0. The molecular weight excluding hydrogens is 324 g/mol. The molecule has 1 aromatic heterocycles. The summed E-state index contributed by atoms with van der Waals surface area (Å²) >= 11 is 1.43. The molecule has 0 aliphatic rings. The van der Waals surface area contributed by atoms with Crippen LogP contribution in [0, 0.1) is 24.0 Å². The molecule has 3 rings (SSSR count). The molecule has 0 amide bonds. The van der Waals surface area contributed by atoms with Gasteiger partial charge >= 0.3 is 0 Å². The van der Waals surface area contributed by atoms with Crippen LogP contribution in [0.4, 0.5) is 5.69 Å². The van der Waals surface area contributed by atoms with Gasteiger partial charge < -0.3 is 0 Å². The zero-order valence-electron chi connectivity index (χ0n) is 13.3. The third-order valence-corrected chi connectivity index (χ3v) is 4.67. The summed E-state index contributed by atoms with van der Waals surface area (Å²) in [6, 6.07) is 12.9. The van der Waals surface area contributed by atoms with Gasteiger partial charge in [-0.2, -0.15) is 0 Å². The Morgan fingerprint density at radius 3 is 2.75 bits per heavy atom. The Labute approximate surface area is 143 Å². The lowest BCUT2D eigenvalue weighted by Crippen LogP contribution is -1.99. The molecule has 6 nitrogen and oxygen atoms in total. The molecule has 3 aromatic rings. The van der Waals surface area contributed by atoms with E-state index >= 15 is 0 Å². The second kappa shape index (κ2) is 6.84. The zero-order valence-corrected chi connectivity index (χ0v) is 14.2. The number of nitro groups is 1. The van der Waals surface area contributed by atoms with Gasteiger partial charge in [0.2, 0.25) is 0 Å².